The lowest BCUT2D eigenvalue weighted by atomic mass is 10.1. The molecule has 1 saturated carbocycles. The Hall–Kier alpha value is -3.65. The number of pyridine rings is 1. The predicted octanol–water partition coefficient (Wildman–Crippen LogP) is 3.56. The number of hydrogen-bond acceptors (Lipinski definition) is 5. The number of amides is 1. The van der Waals surface area contributed by atoms with E-state index in [1.807, 2.05) is 54.3 Å². The van der Waals surface area contributed by atoms with Crippen LogP contribution in [-0.4, -0.2) is 56.4 Å². The van der Waals surface area contributed by atoms with Gasteiger partial charge in [0, 0.05) is 36.8 Å². The molecule has 6 rings (SSSR count). The number of nitrogens with zero attached hydrogens (tertiary/aromatic N) is 5. The Balaban J connectivity index is 1.17. The lowest BCUT2D eigenvalue weighted by Crippen LogP contribution is -2.48. The summed E-state index contributed by atoms with van der Waals surface area (Å²) in [5.74, 6) is 1.68. The molecule has 8 nitrogen and oxygen atoms in total. The van der Waals surface area contributed by atoms with Crippen molar-refractivity contribution in [1.82, 2.24) is 24.3 Å². The molecule has 0 spiro atoms. The maximum atomic E-state index is 12.8. The SMILES string of the molecule is CN1CC[C@@H]1COc1cnn(C)c1-c1ccn2nc(NC(=O)[C@H]3C[C@@H]3c3ccccc3)cc2c1. The number of likely N-dealkylation sites (tertiary alicyclic amines) is 1. The Labute approximate surface area is 198 Å². The van der Waals surface area contributed by atoms with E-state index in [0.29, 0.717) is 24.4 Å². The van der Waals surface area contributed by atoms with Crippen molar-refractivity contribution in [1.29, 1.82) is 0 Å². The normalized spacial score (nSPS) is 21.9. The first-order valence-corrected chi connectivity index (χ1v) is 11.8. The number of aryl methyl sites for hydroxylation is 1. The van der Waals surface area contributed by atoms with Crippen LogP contribution >= 0.6 is 0 Å². The minimum atomic E-state index is 0.00614. The molecule has 3 atom stereocenters. The number of hydrogen-bond donors (Lipinski definition) is 1. The van der Waals surface area contributed by atoms with Gasteiger partial charge in [0.1, 0.15) is 12.3 Å². The quantitative estimate of drug-likeness (QED) is 0.460. The fourth-order valence-electron chi connectivity index (χ4n) is 4.79. The van der Waals surface area contributed by atoms with Crippen molar-refractivity contribution in [2.45, 2.75) is 24.8 Å². The van der Waals surface area contributed by atoms with Crippen LogP contribution in [0.2, 0.25) is 0 Å². The maximum absolute atomic E-state index is 12.8. The molecule has 3 aromatic heterocycles. The summed E-state index contributed by atoms with van der Waals surface area (Å²) in [5, 5.41) is 12.0. The third-order valence-electron chi connectivity index (χ3n) is 7.12. The summed E-state index contributed by atoms with van der Waals surface area (Å²) in [4.78, 5) is 15.1. The summed E-state index contributed by atoms with van der Waals surface area (Å²) < 4.78 is 9.75. The molecule has 174 valence electrons. The fraction of sp³-hybridized carbons (Fsp3) is 0.346. The number of ether oxygens (including phenoxy) is 1. The summed E-state index contributed by atoms with van der Waals surface area (Å²) in [7, 11) is 4.04. The summed E-state index contributed by atoms with van der Waals surface area (Å²) >= 11 is 0. The van der Waals surface area contributed by atoms with E-state index in [1.165, 1.54) is 5.56 Å². The van der Waals surface area contributed by atoms with Crippen LogP contribution in [0.25, 0.3) is 16.8 Å². The third kappa shape index (κ3) is 3.84. The lowest BCUT2D eigenvalue weighted by Gasteiger charge is -2.37. The van der Waals surface area contributed by atoms with Gasteiger partial charge in [-0.15, -0.1) is 0 Å². The van der Waals surface area contributed by atoms with Gasteiger partial charge in [-0.3, -0.25) is 14.4 Å². The van der Waals surface area contributed by atoms with E-state index in [2.05, 4.69) is 39.6 Å². The van der Waals surface area contributed by atoms with Gasteiger partial charge < -0.3 is 10.1 Å². The Bertz CT molecular complexity index is 1340. The van der Waals surface area contributed by atoms with Gasteiger partial charge in [0.15, 0.2) is 11.6 Å². The highest BCUT2D eigenvalue weighted by Gasteiger charge is 2.44. The smallest absolute Gasteiger partial charge is 0.229 e. The zero-order valence-electron chi connectivity index (χ0n) is 19.4. The van der Waals surface area contributed by atoms with Crippen molar-refractivity contribution in [2.24, 2.45) is 13.0 Å². The van der Waals surface area contributed by atoms with Crippen molar-refractivity contribution in [3.8, 4) is 17.0 Å². The van der Waals surface area contributed by atoms with Crippen molar-refractivity contribution in [2.75, 3.05) is 25.5 Å². The Morgan fingerprint density at radius 3 is 2.79 bits per heavy atom. The maximum Gasteiger partial charge on any atom is 0.229 e. The van der Waals surface area contributed by atoms with Crippen molar-refractivity contribution in [3.63, 3.8) is 0 Å². The molecular weight excluding hydrogens is 428 g/mol. The largest absolute Gasteiger partial charge is 0.488 e. The summed E-state index contributed by atoms with van der Waals surface area (Å²) in [5.41, 5.74) is 4.04. The van der Waals surface area contributed by atoms with E-state index in [4.69, 9.17) is 4.74 Å². The molecule has 1 aromatic carbocycles. The molecule has 0 unspecified atom stereocenters. The second-order valence-electron chi connectivity index (χ2n) is 9.38. The first kappa shape index (κ1) is 20.9. The monoisotopic (exact) mass is 456 g/mol. The molecule has 2 fully saturated rings. The van der Waals surface area contributed by atoms with Gasteiger partial charge in [0.25, 0.3) is 0 Å². The fourth-order valence-corrected chi connectivity index (χ4v) is 4.79. The third-order valence-corrected chi connectivity index (χ3v) is 7.12. The Kier molecular flexibility index (Phi) is 5.10. The van der Waals surface area contributed by atoms with Gasteiger partial charge in [0.05, 0.1) is 11.7 Å². The molecular formula is C26H28N6O2. The molecule has 2 aliphatic rings. The number of nitrogens with one attached hydrogen (secondary N) is 1. The molecule has 1 amide bonds. The summed E-state index contributed by atoms with van der Waals surface area (Å²) in [6, 6.07) is 16.6. The molecule has 0 bridgehead atoms. The molecule has 4 aromatic rings. The molecule has 1 aliphatic heterocycles. The van der Waals surface area contributed by atoms with E-state index in [1.54, 1.807) is 10.7 Å². The van der Waals surface area contributed by atoms with Gasteiger partial charge >= 0.3 is 0 Å². The minimum absolute atomic E-state index is 0.00614. The van der Waals surface area contributed by atoms with E-state index in [-0.39, 0.29) is 11.8 Å². The number of carbonyl (C=O) groups is 1. The van der Waals surface area contributed by atoms with Crippen LogP contribution in [-0.2, 0) is 11.8 Å². The lowest BCUT2D eigenvalue weighted by molar-refractivity contribution is -0.117. The van der Waals surface area contributed by atoms with Crippen LogP contribution in [0, 0.1) is 5.92 Å². The number of anilines is 1. The molecule has 0 radical (unpaired) electrons. The zero-order valence-corrected chi connectivity index (χ0v) is 19.4. The number of fused-ring (bicyclic) bond motifs is 1. The molecule has 1 aliphatic carbocycles. The van der Waals surface area contributed by atoms with E-state index >= 15 is 0 Å². The highest BCUT2D eigenvalue weighted by atomic mass is 16.5. The second-order valence-corrected chi connectivity index (χ2v) is 9.38. The summed E-state index contributed by atoms with van der Waals surface area (Å²) in [6.45, 7) is 1.78. The minimum Gasteiger partial charge on any atom is -0.488 e. The summed E-state index contributed by atoms with van der Waals surface area (Å²) in [6.07, 6.45) is 5.72. The van der Waals surface area contributed by atoms with Crippen LogP contribution in [0.4, 0.5) is 5.82 Å². The number of carbonyl (C=O) groups excluding carboxylic acids is 1. The van der Waals surface area contributed by atoms with E-state index in [0.717, 1.165) is 41.9 Å². The van der Waals surface area contributed by atoms with Crippen LogP contribution in [0.15, 0.2) is 60.9 Å². The highest BCUT2D eigenvalue weighted by molar-refractivity contribution is 5.95. The molecule has 34 heavy (non-hydrogen) atoms. The Morgan fingerprint density at radius 2 is 2.03 bits per heavy atom. The predicted molar refractivity (Wildman–Crippen MR) is 130 cm³/mol. The number of benzene rings is 1. The van der Waals surface area contributed by atoms with Gasteiger partial charge in [-0.2, -0.15) is 10.2 Å². The average molecular weight is 457 g/mol. The first-order chi connectivity index (χ1) is 16.6. The second kappa shape index (κ2) is 8.29. The zero-order chi connectivity index (χ0) is 23.2. The van der Waals surface area contributed by atoms with Crippen LogP contribution in [0.5, 0.6) is 5.75 Å². The molecule has 4 heterocycles. The van der Waals surface area contributed by atoms with Gasteiger partial charge in [-0.25, -0.2) is 4.52 Å². The molecule has 8 heteroatoms. The van der Waals surface area contributed by atoms with Gasteiger partial charge in [0.2, 0.25) is 5.91 Å². The van der Waals surface area contributed by atoms with E-state index < -0.39 is 0 Å². The topological polar surface area (TPSA) is 76.7 Å². The van der Waals surface area contributed by atoms with Crippen LogP contribution < -0.4 is 10.1 Å². The van der Waals surface area contributed by atoms with Crippen molar-refractivity contribution < 1.29 is 9.53 Å². The van der Waals surface area contributed by atoms with Crippen LogP contribution in [0.3, 0.4) is 0 Å². The van der Waals surface area contributed by atoms with Crippen molar-refractivity contribution >= 4 is 17.2 Å². The standard InChI is InChI=1S/C26H28N6O2/c1-30-10-9-19(30)16-34-23-15-27-31(2)25(23)18-8-11-32-20(12-18)13-24(29-32)28-26(33)22-14-21(22)17-6-4-3-5-7-17/h3-8,11-13,15,19,21-22H,9-10,14,16H2,1-2H3,(H,28,29,33)/t19-,21-,22+/m1/s1. The number of aromatic nitrogens is 4. The van der Waals surface area contributed by atoms with Gasteiger partial charge in [-0.1, -0.05) is 30.3 Å². The number of likely N-dealkylation sites (N-methyl/N-ethyl adjacent to an activating group) is 1. The van der Waals surface area contributed by atoms with Crippen molar-refractivity contribution in [3.05, 3.63) is 66.5 Å². The van der Waals surface area contributed by atoms with E-state index in [9.17, 15) is 4.79 Å². The first-order valence-electron chi connectivity index (χ1n) is 11.8. The molecule has 1 saturated heterocycles. The highest BCUT2D eigenvalue weighted by Crippen LogP contribution is 2.47. The molecule has 1 N–H and O–H groups in total. The van der Waals surface area contributed by atoms with Gasteiger partial charge in [-0.05, 0) is 50.0 Å². The van der Waals surface area contributed by atoms with Crippen LogP contribution in [0.1, 0.15) is 24.3 Å². The Morgan fingerprint density at radius 1 is 1.18 bits per heavy atom. The average Bonchev–Trinajstić information content (AvgIpc) is 3.43. The number of rotatable bonds is 7.